The zero-order valence-electron chi connectivity index (χ0n) is 11.9. The summed E-state index contributed by atoms with van der Waals surface area (Å²) in [7, 11) is 0. The second kappa shape index (κ2) is 6.71. The Bertz CT molecular complexity index is 587. The van der Waals surface area contributed by atoms with E-state index in [0.29, 0.717) is 10.5 Å². The fourth-order valence-electron chi connectivity index (χ4n) is 2.06. The molecular weight excluding hydrogens is 308 g/mol. The van der Waals surface area contributed by atoms with Gasteiger partial charge in [-0.2, -0.15) is 17.6 Å². The molecule has 0 unspecified atom stereocenters. The van der Waals surface area contributed by atoms with Crippen LogP contribution in [0.15, 0.2) is 12.1 Å². The molecule has 1 amide bonds. The van der Waals surface area contributed by atoms with Gasteiger partial charge in [-0.3, -0.25) is 14.9 Å². The second-order valence-corrected chi connectivity index (χ2v) is 4.30. The summed E-state index contributed by atoms with van der Waals surface area (Å²) in [5.41, 5.74) is -0.194. The smallest absolute Gasteiger partial charge is 0.330 e. The van der Waals surface area contributed by atoms with Gasteiger partial charge in [-0.1, -0.05) is 13.8 Å². The molecule has 9 heteroatoms. The number of amides is 1. The molecule has 1 aliphatic rings. The van der Waals surface area contributed by atoms with Crippen molar-refractivity contribution in [1.29, 1.82) is 0 Å². The van der Waals surface area contributed by atoms with Crippen LogP contribution in [-0.4, -0.2) is 28.5 Å². The van der Waals surface area contributed by atoms with Crippen LogP contribution in [0, 0.1) is 15.9 Å². The lowest BCUT2D eigenvalue weighted by Gasteiger charge is -2.29. The number of carbonyl (C=O) groups is 1. The Balaban J connectivity index is 0.00000116. The number of nitro groups is 1. The molecule has 1 aromatic carbocycles. The molecule has 0 N–H and O–H groups in total. The maximum absolute atomic E-state index is 13.4. The highest BCUT2D eigenvalue weighted by molar-refractivity contribution is 5.82. The fraction of sp³-hybridized carbons (Fsp3) is 0.462. The molecule has 1 aliphatic heterocycles. The zero-order valence-corrected chi connectivity index (χ0v) is 11.9. The fourth-order valence-corrected chi connectivity index (χ4v) is 2.06. The van der Waals surface area contributed by atoms with Crippen LogP contribution < -0.4 is 0 Å². The lowest BCUT2D eigenvalue weighted by Crippen LogP contribution is -2.43. The van der Waals surface area contributed by atoms with E-state index in [9.17, 15) is 32.5 Å². The Kier molecular flexibility index (Phi) is 5.45. The molecular formula is C13H14F4N2O3. The molecule has 0 atom stereocenters. The molecule has 22 heavy (non-hydrogen) atoms. The molecule has 1 heterocycles. The summed E-state index contributed by atoms with van der Waals surface area (Å²) in [6, 6.07) is 1.81. The van der Waals surface area contributed by atoms with E-state index < -0.39 is 35.1 Å². The van der Waals surface area contributed by atoms with Crippen molar-refractivity contribution in [3.05, 3.63) is 39.2 Å². The standard InChI is InChI=1S/C11H8F4N2O3.C2H6/c12-8-3-7-5-16(10(18)11(13,14)15)2-1-6(7)4-9(8)17(19)20;1-2/h3-4H,1-2,5H2;1-2H3. The minimum atomic E-state index is -4.99. The quantitative estimate of drug-likeness (QED) is 0.453. The summed E-state index contributed by atoms with van der Waals surface area (Å²) in [6.45, 7) is 3.37. The largest absolute Gasteiger partial charge is 0.471 e. The van der Waals surface area contributed by atoms with Crippen molar-refractivity contribution in [1.82, 2.24) is 4.90 Å². The van der Waals surface area contributed by atoms with E-state index in [0.717, 1.165) is 12.1 Å². The molecule has 5 nitrogen and oxygen atoms in total. The number of halogens is 4. The number of nitro benzene ring substituents is 1. The molecule has 0 fully saturated rings. The molecule has 0 aromatic heterocycles. The lowest BCUT2D eigenvalue weighted by molar-refractivity contribution is -0.387. The summed E-state index contributed by atoms with van der Waals surface area (Å²) >= 11 is 0. The predicted molar refractivity (Wildman–Crippen MR) is 69.6 cm³/mol. The van der Waals surface area contributed by atoms with E-state index >= 15 is 0 Å². The van der Waals surface area contributed by atoms with Gasteiger partial charge in [-0.15, -0.1) is 0 Å². The summed E-state index contributed by atoms with van der Waals surface area (Å²) in [5, 5.41) is 10.6. The highest BCUT2D eigenvalue weighted by atomic mass is 19.4. The van der Waals surface area contributed by atoms with Crippen LogP contribution in [0.25, 0.3) is 0 Å². The van der Waals surface area contributed by atoms with Crippen LogP contribution in [0.5, 0.6) is 0 Å². The van der Waals surface area contributed by atoms with Gasteiger partial charge in [0.1, 0.15) is 0 Å². The Labute approximate surface area is 123 Å². The zero-order chi connectivity index (χ0) is 17.1. The number of hydrogen-bond acceptors (Lipinski definition) is 3. The number of alkyl halides is 3. The summed E-state index contributed by atoms with van der Waals surface area (Å²) in [5.74, 6) is -3.13. The number of rotatable bonds is 1. The minimum absolute atomic E-state index is 0.0122. The van der Waals surface area contributed by atoms with Gasteiger partial charge in [0.25, 0.3) is 0 Å². The molecule has 122 valence electrons. The molecule has 0 bridgehead atoms. The lowest BCUT2D eigenvalue weighted by atomic mass is 9.98. The van der Waals surface area contributed by atoms with E-state index in [-0.39, 0.29) is 18.5 Å². The van der Waals surface area contributed by atoms with Gasteiger partial charge in [-0.25, -0.2) is 0 Å². The summed E-state index contributed by atoms with van der Waals surface area (Å²) in [4.78, 5) is 21.3. The molecule has 0 radical (unpaired) electrons. The first-order valence-corrected chi connectivity index (χ1v) is 6.52. The van der Waals surface area contributed by atoms with E-state index in [1.807, 2.05) is 13.8 Å². The number of nitrogens with zero attached hydrogens (tertiary/aromatic N) is 2. The molecule has 0 saturated heterocycles. The van der Waals surface area contributed by atoms with Gasteiger partial charge in [0.05, 0.1) is 4.92 Å². The van der Waals surface area contributed by atoms with Gasteiger partial charge >= 0.3 is 17.8 Å². The molecule has 0 spiro atoms. The monoisotopic (exact) mass is 322 g/mol. The van der Waals surface area contributed by atoms with Crippen molar-refractivity contribution < 1.29 is 27.3 Å². The highest BCUT2D eigenvalue weighted by Crippen LogP contribution is 2.29. The average molecular weight is 322 g/mol. The first kappa shape index (κ1) is 17.9. The SMILES string of the molecule is CC.O=C(N1CCc2cc([N+](=O)[O-])c(F)cc2C1)C(F)(F)F. The number of hydrogen-bond donors (Lipinski definition) is 0. The van der Waals surface area contributed by atoms with E-state index in [1.165, 1.54) is 0 Å². The average Bonchev–Trinajstić information content (AvgIpc) is 2.46. The molecule has 0 aliphatic carbocycles. The van der Waals surface area contributed by atoms with Crippen molar-refractivity contribution in [3.63, 3.8) is 0 Å². The first-order valence-electron chi connectivity index (χ1n) is 6.52. The molecule has 2 rings (SSSR count). The van der Waals surface area contributed by atoms with Gasteiger partial charge < -0.3 is 4.90 Å². The Morgan fingerprint density at radius 1 is 1.27 bits per heavy atom. The Morgan fingerprint density at radius 3 is 2.36 bits per heavy atom. The minimum Gasteiger partial charge on any atom is -0.330 e. The molecule has 0 saturated carbocycles. The van der Waals surface area contributed by atoms with E-state index in [2.05, 4.69) is 0 Å². The van der Waals surface area contributed by atoms with Crippen molar-refractivity contribution in [2.75, 3.05) is 6.54 Å². The van der Waals surface area contributed by atoms with Crippen molar-refractivity contribution in [2.45, 2.75) is 33.0 Å². The maximum Gasteiger partial charge on any atom is 0.471 e. The third-order valence-corrected chi connectivity index (χ3v) is 3.01. The summed E-state index contributed by atoms with van der Waals surface area (Å²) in [6.07, 6.45) is -4.98. The number of benzene rings is 1. The van der Waals surface area contributed by atoms with Crippen molar-refractivity contribution in [3.8, 4) is 0 Å². The topological polar surface area (TPSA) is 63.5 Å². The third-order valence-electron chi connectivity index (χ3n) is 3.01. The van der Waals surface area contributed by atoms with Crippen LogP contribution in [0.4, 0.5) is 23.2 Å². The van der Waals surface area contributed by atoms with Crippen LogP contribution in [-0.2, 0) is 17.8 Å². The Hall–Kier alpha value is -2.19. The van der Waals surface area contributed by atoms with Crippen LogP contribution in [0.1, 0.15) is 25.0 Å². The second-order valence-electron chi connectivity index (χ2n) is 4.30. The third kappa shape index (κ3) is 3.71. The van der Waals surface area contributed by atoms with E-state index in [4.69, 9.17) is 0 Å². The molecule has 1 aromatic rings. The van der Waals surface area contributed by atoms with Gasteiger partial charge in [0.15, 0.2) is 0 Å². The van der Waals surface area contributed by atoms with Crippen LogP contribution in [0.3, 0.4) is 0 Å². The van der Waals surface area contributed by atoms with E-state index in [1.54, 1.807) is 0 Å². The van der Waals surface area contributed by atoms with Gasteiger partial charge in [-0.05, 0) is 23.6 Å². The summed E-state index contributed by atoms with van der Waals surface area (Å²) < 4.78 is 50.3. The number of fused-ring (bicyclic) bond motifs is 1. The van der Waals surface area contributed by atoms with Crippen molar-refractivity contribution >= 4 is 11.6 Å². The normalized spacial score (nSPS) is 13.8. The Morgan fingerprint density at radius 2 is 1.86 bits per heavy atom. The highest BCUT2D eigenvalue weighted by Gasteiger charge is 2.43. The van der Waals surface area contributed by atoms with Crippen LogP contribution in [0.2, 0.25) is 0 Å². The number of carbonyl (C=O) groups excluding carboxylic acids is 1. The van der Waals surface area contributed by atoms with Crippen molar-refractivity contribution in [2.24, 2.45) is 0 Å². The van der Waals surface area contributed by atoms with Crippen LogP contribution >= 0.6 is 0 Å². The predicted octanol–water partition coefficient (Wildman–Crippen LogP) is 3.21. The van der Waals surface area contributed by atoms with Gasteiger partial charge in [0, 0.05) is 19.2 Å². The van der Waals surface area contributed by atoms with Gasteiger partial charge in [0.2, 0.25) is 5.82 Å². The maximum atomic E-state index is 13.4. The first-order chi connectivity index (χ1) is 10.2.